The van der Waals surface area contributed by atoms with Gasteiger partial charge in [-0.3, -0.25) is 4.79 Å². The largest absolute Gasteiger partial charge is 0.354 e. The number of nitrogens with zero attached hydrogens (tertiary/aromatic N) is 1. The molecule has 15 heavy (non-hydrogen) atoms. The lowest BCUT2D eigenvalue weighted by atomic mass is 10.3. The molecule has 0 aliphatic rings. The second kappa shape index (κ2) is 8.68. The standard InChI is InChI=1S/C11H25N3O/c1-4-14(8-5-7-12)9-6-11(15)13-10(2)3/h10H,4-9,12H2,1-3H3,(H,13,15). The number of nitrogens with two attached hydrogens (primary N) is 1. The zero-order chi connectivity index (χ0) is 11.7. The van der Waals surface area contributed by atoms with E-state index in [-0.39, 0.29) is 11.9 Å². The third kappa shape index (κ3) is 8.39. The molecule has 90 valence electrons. The molecular formula is C11H25N3O. The highest BCUT2D eigenvalue weighted by molar-refractivity contribution is 5.76. The Balaban J connectivity index is 3.65. The molecular weight excluding hydrogens is 190 g/mol. The van der Waals surface area contributed by atoms with Crippen LogP contribution in [0, 0.1) is 0 Å². The summed E-state index contributed by atoms with van der Waals surface area (Å²) >= 11 is 0. The minimum Gasteiger partial charge on any atom is -0.354 e. The number of nitrogens with one attached hydrogen (secondary N) is 1. The Hall–Kier alpha value is -0.610. The van der Waals surface area contributed by atoms with Crippen LogP contribution in [0.15, 0.2) is 0 Å². The average molecular weight is 215 g/mol. The Morgan fingerprint density at radius 3 is 2.53 bits per heavy atom. The summed E-state index contributed by atoms with van der Waals surface area (Å²) in [5, 5.41) is 2.89. The van der Waals surface area contributed by atoms with Crippen LogP contribution in [0.5, 0.6) is 0 Å². The second-order valence-corrected chi connectivity index (χ2v) is 4.05. The molecule has 0 aromatic rings. The number of carbonyl (C=O) groups excluding carboxylic acids is 1. The second-order valence-electron chi connectivity index (χ2n) is 4.05. The summed E-state index contributed by atoms with van der Waals surface area (Å²) in [5.41, 5.74) is 5.45. The van der Waals surface area contributed by atoms with Crippen molar-refractivity contribution in [3.63, 3.8) is 0 Å². The molecule has 0 heterocycles. The fourth-order valence-corrected chi connectivity index (χ4v) is 1.40. The minimum absolute atomic E-state index is 0.135. The number of hydrogen-bond donors (Lipinski definition) is 2. The van der Waals surface area contributed by atoms with Crippen LogP contribution in [0.3, 0.4) is 0 Å². The molecule has 0 aromatic heterocycles. The van der Waals surface area contributed by atoms with Gasteiger partial charge in [0.05, 0.1) is 0 Å². The van der Waals surface area contributed by atoms with Gasteiger partial charge in [-0.15, -0.1) is 0 Å². The summed E-state index contributed by atoms with van der Waals surface area (Å²) < 4.78 is 0. The maximum atomic E-state index is 11.4. The minimum atomic E-state index is 0.135. The summed E-state index contributed by atoms with van der Waals surface area (Å²) in [6, 6.07) is 0.233. The first-order chi connectivity index (χ1) is 7.10. The van der Waals surface area contributed by atoms with Crippen molar-refractivity contribution < 1.29 is 4.79 Å². The first-order valence-corrected chi connectivity index (χ1v) is 5.82. The predicted molar refractivity (Wildman–Crippen MR) is 63.7 cm³/mol. The van der Waals surface area contributed by atoms with Crippen molar-refractivity contribution in [2.75, 3.05) is 26.2 Å². The first kappa shape index (κ1) is 14.4. The molecule has 0 aliphatic heterocycles. The maximum absolute atomic E-state index is 11.4. The molecule has 1 amide bonds. The maximum Gasteiger partial charge on any atom is 0.221 e. The van der Waals surface area contributed by atoms with Gasteiger partial charge in [-0.25, -0.2) is 0 Å². The van der Waals surface area contributed by atoms with E-state index in [1.807, 2.05) is 13.8 Å². The zero-order valence-electron chi connectivity index (χ0n) is 10.3. The highest BCUT2D eigenvalue weighted by Crippen LogP contribution is 1.94. The fourth-order valence-electron chi connectivity index (χ4n) is 1.40. The molecule has 0 aromatic carbocycles. The van der Waals surface area contributed by atoms with Crippen LogP contribution in [0.4, 0.5) is 0 Å². The average Bonchev–Trinajstić information content (AvgIpc) is 2.17. The SMILES string of the molecule is CCN(CCCN)CCC(=O)NC(C)C. The van der Waals surface area contributed by atoms with E-state index in [1.54, 1.807) is 0 Å². The summed E-state index contributed by atoms with van der Waals surface area (Å²) in [6.07, 6.45) is 1.58. The summed E-state index contributed by atoms with van der Waals surface area (Å²) in [4.78, 5) is 13.6. The Kier molecular flexibility index (Phi) is 8.33. The van der Waals surface area contributed by atoms with Crippen molar-refractivity contribution in [1.82, 2.24) is 10.2 Å². The number of carbonyl (C=O) groups is 1. The topological polar surface area (TPSA) is 58.4 Å². The zero-order valence-corrected chi connectivity index (χ0v) is 10.3. The lowest BCUT2D eigenvalue weighted by molar-refractivity contribution is -0.121. The Morgan fingerprint density at radius 1 is 1.40 bits per heavy atom. The van der Waals surface area contributed by atoms with Crippen molar-refractivity contribution >= 4 is 5.91 Å². The van der Waals surface area contributed by atoms with Gasteiger partial charge in [0, 0.05) is 19.0 Å². The molecule has 0 atom stereocenters. The van der Waals surface area contributed by atoms with E-state index in [0.29, 0.717) is 13.0 Å². The fraction of sp³-hybridized carbons (Fsp3) is 0.909. The number of rotatable bonds is 8. The lowest BCUT2D eigenvalue weighted by Gasteiger charge is -2.19. The smallest absolute Gasteiger partial charge is 0.221 e. The molecule has 0 saturated heterocycles. The predicted octanol–water partition coefficient (Wildman–Crippen LogP) is 0.572. The molecule has 0 unspecified atom stereocenters. The summed E-state index contributed by atoms with van der Waals surface area (Å²) in [6.45, 7) is 9.57. The van der Waals surface area contributed by atoms with Crippen molar-refractivity contribution in [3.8, 4) is 0 Å². The van der Waals surface area contributed by atoms with Crippen LogP contribution in [-0.4, -0.2) is 43.0 Å². The molecule has 4 nitrogen and oxygen atoms in total. The summed E-state index contributed by atoms with van der Waals surface area (Å²) in [5.74, 6) is 0.135. The first-order valence-electron chi connectivity index (χ1n) is 5.82. The van der Waals surface area contributed by atoms with Crippen LogP contribution in [0.2, 0.25) is 0 Å². The van der Waals surface area contributed by atoms with Crippen LogP contribution >= 0.6 is 0 Å². The Labute approximate surface area is 93.2 Å². The monoisotopic (exact) mass is 215 g/mol. The van der Waals surface area contributed by atoms with Gasteiger partial charge in [0.25, 0.3) is 0 Å². The van der Waals surface area contributed by atoms with Crippen LogP contribution in [0.25, 0.3) is 0 Å². The Bertz CT molecular complexity index is 171. The van der Waals surface area contributed by atoms with Gasteiger partial charge in [0.1, 0.15) is 0 Å². The highest BCUT2D eigenvalue weighted by Gasteiger charge is 2.06. The molecule has 0 bridgehead atoms. The summed E-state index contributed by atoms with van der Waals surface area (Å²) in [7, 11) is 0. The highest BCUT2D eigenvalue weighted by atomic mass is 16.1. The van der Waals surface area contributed by atoms with Gasteiger partial charge in [0.2, 0.25) is 5.91 Å². The van der Waals surface area contributed by atoms with E-state index in [1.165, 1.54) is 0 Å². The Morgan fingerprint density at radius 2 is 2.07 bits per heavy atom. The molecule has 0 fully saturated rings. The number of amides is 1. The van der Waals surface area contributed by atoms with E-state index in [9.17, 15) is 4.79 Å². The van der Waals surface area contributed by atoms with Crippen LogP contribution < -0.4 is 11.1 Å². The van der Waals surface area contributed by atoms with Crippen LogP contribution in [0.1, 0.15) is 33.6 Å². The van der Waals surface area contributed by atoms with Gasteiger partial charge >= 0.3 is 0 Å². The molecule has 4 heteroatoms. The number of hydrogen-bond acceptors (Lipinski definition) is 3. The van der Waals surface area contributed by atoms with E-state index in [0.717, 1.165) is 26.1 Å². The quantitative estimate of drug-likeness (QED) is 0.622. The normalized spacial score (nSPS) is 11.1. The van der Waals surface area contributed by atoms with Gasteiger partial charge in [-0.05, 0) is 39.9 Å². The van der Waals surface area contributed by atoms with Gasteiger partial charge in [-0.1, -0.05) is 6.92 Å². The molecule has 0 aliphatic carbocycles. The molecule has 0 rings (SSSR count). The van der Waals surface area contributed by atoms with Crippen molar-refractivity contribution in [2.24, 2.45) is 5.73 Å². The van der Waals surface area contributed by atoms with E-state index >= 15 is 0 Å². The van der Waals surface area contributed by atoms with Crippen molar-refractivity contribution in [2.45, 2.75) is 39.7 Å². The van der Waals surface area contributed by atoms with E-state index in [4.69, 9.17) is 5.73 Å². The van der Waals surface area contributed by atoms with Crippen molar-refractivity contribution in [1.29, 1.82) is 0 Å². The van der Waals surface area contributed by atoms with Gasteiger partial charge < -0.3 is 16.0 Å². The third-order valence-corrected chi connectivity index (χ3v) is 2.23. The van der Waals surface area contributed by atoms with E-state index in [2.05, 4.69) is 17.1 Å². The van der Waals surface area contributed by atoms with Crippen molar-refractivity contribution in [3.05, 3.63) is 0 Å². The van der Waals surface area contributed by atoms with Gasteiger partial charge in [0.15, 0.2) is 0 Å². The molecule has 0 spiro atoms. The molecule has 0 radical (unpaired) electrons. The van der Waals surface area contributed by atoms with E-state index < -0.39 is 0 Å². The molecule has 0 saturated carbocycles. The lowest BCUT2D eigenvalue weighted by Crippen LogP contribution is -2.34. The molecule has 3 N–H and O–H groups in total. The van der Waals surface area contributed by atoms with Gasteiger partial charge in [-0.2, -0.15) is 0 Å². The van der Waals surface area contributed by atoms with Crippen LogP contribution in [-0.2, 0) is 4.79 Å². The third-order valence-electron chi connectivity index (χ3n) is 2.23.